The molecule has 90 valence electrons. The first-order valence-electron chi connectivity index (χ1n) is 5.40. The molecule has 2 aliphatic rings. The Morgan fingerprint density at radius 3 is 2.41 bits per heavy atom. The third-order valence-corrected chi connectivity index (χ3v) is 3.72. The van der Waals surface area contributed by atoms with Crippen molar-refractivity contribution in [2.75, 3.05) is 0 Å². The molecule has 2 rings (SSSR count). The van der Waals surface area contributed by atoms with Crippen molar-refractivity contribution in [3.63, 3.8) is 0 Å². The number of fused-ring (bicyclic) bond motifs is 1. The van der Waals surface area contributed by atoms with E-state index in [1.54, 1.807) is 6.07 Å². The lowest BCUT2D eigenvalue weighted by Gasteiger charge is -2.03. The van der Waals surface area contributed by atoms with Crippen molar-refractivity contribution in [1.82, 2.24) is 0 Å². The number of hydrogen-bond donors (Lipinski definition) is 1. The minimum Gasteiger partial charge on any atom is -0.282 e. The fraction of sp³-hybridized carbons (Fsp3) is 0.231. The van der Waals surface area contributed by atoms with E-state index in [1.807, 2.05) is 38.1 Å². The van der Waals surface area contributed by atoms with Gasteiger partial charge >= 0.3 is 0 Å². The van der Waals surface area contributed by atoms with Crippen molar-refractivity contribution in [1.29, 1.82) is 0 Å². The molecule has 4 heteroatoms. The molecular formula is C13H14O3S. The first-order chi connectivity index (χ1) is 7.89. The van der Waals surface area contributed by atoms with Crippen molar-refractivity contribution in [2.24, 2.45) is 0 Å². The standard InChI is InChI=1S/C13H14O3S/c1-9(2)11-5-3-4-10-6-7-13(12(10)8-11)17(14,15)16/h3-9H,1-2H3,(H,14,15,16). The summed E-state index contributed by atoms with van der Waals surface area (Å²) in [6.07, 6.45) is 0. The zero-order valence-corrected chi connectivity index (χ0v) is 10.5. The summed E-state index contributed by atoms with van der Waals surface area (Å²) in [6.45, 7) is 4.08. The molecule has 1 N–H and O–H groups in total. The quantitative estimate of drug-likeness (QED) is 0.833. The number of rotatable bonds is 2. The highest BCUT2D eigenvalue weighted by Crippen LogP contribution is 2.32. The lowest BCUT2D eigenvalue weighted by Crippen LogP contribution is -1.97. The lowest BCUT2D eigenvalue weighted by molar-refractivity contribution is 0.484. The zero-order valence-electron chi connectivity index (χ0n) is 9.71. The van der Waals surface area contributed by atoms with Crippen molar-refractivity contribution in [2.45, 2.75) is 24.7 Å². The van der Waals surface area contributed by atoms with Crippen molar-refractivity contribution in [3.05, 3.63) is 42.0 Å². The van der Waals surface area contributed by atoms with Crippen LogP contribution in [-0.2, 0) is 10.1 Å². The molecule has 0 saturated heterocycles. The van der Waals surface area contributed by atoms with Crippen LogP contribution in [0, 0.1) is 0 Å². The van der Waals surface area contributed by atoms with Gasteiger partial charge in [-0.2, -0.15) is 8.42 Å². The topological polar surface area (TPSA) is 54.4 Å². The maximum atomic E-state index is 11.2. The van der Waals surface area contributed by atoms with E-state index >= 15 is 0 Å². The average molecular weight is 250 g/mol. The summed E-state index contributed by atoms with van der Waals surface area (Å²) in [6, 6.07) is 10.6. The second-order valence-corrected chi connectivity index (χ2v) is 5.76. The van der Waals surface area contributed by atoms with Gasteiger partial charge in [-0.3, -0.25) is 4.55 Å². The number of hydrogen-bond acceptors (Lipinski definition) is 2. The van der Waals surface area contributed by atoms with Crippen LogP contribution in [0.4, 0.5) is 0 Å². The minimum atomic E-state index is -4.16. The Morgan fingerprint density at radius 2 is 1.82 bits per heavy atom. The van der Waals surface area contributed by atoms with Gasteiger partial charge in [0.15, 0.2) is 0 Å². The molecule has 2 aliphatic carbocycles. The normalized spacial score (nSPS) is 12.2. The van der Waals surface area contributed by atoms with Crippen molar-refractivity contribution in [3.8, 4) is 11.1 Å². The van der Waals surface area contributed by atoms with Gasteiger partial charge in [0.05, 0.1) is 0 Å². The molecule has 0 heterocycles. The van der Waals surface area contributed by atoms with Gasteiger partial charge in [0.1, 0.15) is 4.90 Å². The van der Waals surface area contributed by atoms with Gasteiger partial charge in [0.25, 0.3) is 10.1 Å². The van der Waals surface area contributed by atoms with E-state index in [4.69, 9.17) is 4.55 Å². The average Bonchev–Trinajstić information content (AvgIpc) is 2.48. The fourth-order valence-electron chi connectivity index (χ4n) is 1.85. The van der Waals surface area contributed by atoms with Gasteiger partial charge in [-0.05, 0) is 29.2 Å². The highest BCUT2D eigenvalue weighted by atomic mass is 32.2. The summed E-state index contributed by atoms with van der Waals surface area (Å²) in [5.74, 6) is 0.301. The molecule has 17 heavy (non-hydrogen) atoms. The third kappa shape index (κ3) is 2.33. The van der Waals surface area contributed by atoms with Gasteiger partial charge in [0, 0.05) is 5.56 Å². The van der Waals surface area contributed by atoms with Crippen LogP contribution in [0.3, 0.4) is 0 Å². The van der Waals surface area contributed by atoms with Crippen LogP contribution in [0.15, 0.2) is 41.3 Å². The molecular weight excluding hydrogens is 236 g/mol. The SMILES string of the molecule is CC(C)c1cccc2ccc(S(=O)(=O)O)c-2c1. The van der Waals surface area contributed by atoms with E-state index in [-0.39, 0.29) is 4.90 Å². The van der Waals surface area contributed by atoms with Gasteiger partial charge < -0.3 is 0 Å². The molecule has 0 atom stereocenters. The van der Waals surface area contributed by atoms with E-state index in [0.717, 1.165) is 11.1 Å². The van der Waals surface area contributed by atoms with Gasteiger partial charge in [-0.25, -0.2) is 0 Å². The molecule has 0 bridgehead atoms. The second-order valence-electron chi connectivity index (χ2n) is 4.37. The van der Waals surface area contributed by atoms with E-state index in [0.29, 0.717) is 11.5 Å². The maximum Gasteiger partial charge on any atom is 0.295 e. The summed E-state index contributed by atoms with van der Waals surface area (Å²) in [4.78, 5) is -0.0226. The van der Waals surface area contributed by atoms with E-state index in [2.05, 4.69) is 0 Å². The molecule has 0 amide bonds. The highest BCUT2D eigenvalue weighted by Gasteiger charge is 2.19. The molecule has 0 unspecified atom stereocenters. The van der Waals surface area contributed by atoms with Crippen LogP contribution < -0.4 is 0 Å². The monoisotopic (exact) mass is 250 g/mol. The van der Waals surface area contributed by atoms with E-state index in [9.17, 15) is 8.42 Å². The summed E-state index contributed by atoms with van der Waals surface area (Å²) in [5.41, 5.74) is 2.42. The molecule has 0 aliphatic heterocycles. The Morgan fingerprint density at radius 1 is 1.12 bits per heavy atom. The molecule has 0 saturated carbocycles. The van der Waals surface area contributed by atoms with Crippen LogP contribution in [0.5, 0.6) is 0 Å². The molecule has 3 nitrogen and oxygen atoms in total. The molecule has 0 aromatic rings. The van der Waals surface area contributed by atoms with E-state index in [1.165, 1.54) is 6.07 Å². The predicted octanol–water partition coefficient (Wildman–Crippen LogP) is 3.16. The highest BCUT2D eigenvalue weighted by molar-refractivity contribution is 7.86. The molecule has 0 aromatic heterocycles. The summed E-state index contributed by atoms with van der Waals surface area (Å²) in [7, 11) is -4.16. The Labute approximate surface area is 101 Å². The Bertz CT molecular complexity index is 615. The van der Waals surface area contributed by atoms with Crippen molar-refractivity contribution >= 4 is 10.1 Å². The van der Waals surface area contributed by atoms with Crippen LogP contribution in [0.2, 0.25) is 0 Å². The van der Waals surface area contributed by atoms with Gasteiger partial charge in [-0.15, -0.1) is 0 Å². The smallest absolute Gasteiger partial charge is 0.282 e. The maximum absolute atomic E-state index is 11.2. The first kappa shape index (κ1) is 12.1. The van der Waals surface area contributed by atoms with Gasteiger partial charge in [0.2, 0.25) is 0 Å². The Balaban J connectivity index is 2.74. The van der Waals surface area contributed by atoms with Crippen LogP contribution >= 0.6 is 0 Å². The lowest BCUT2D eigenvalue weighted by atomic mass is 10.0. The molecule has 0 spiro atoms. The molecule has 0 aromatic carbocycles. The summed E-state index contributed by atoms with van der Waals surface area (Å²) in [5, 5.41) is 0. The third-order valence-electron chi connectivity index (χ3n) is 2.81. The molecule has 0 fully saturated rings. The second kappa shape index (κ2) is 4.13. The predicted molar refractivity (Wildman–Crippen MR) is 67.0 cm³/mol. The van der Waals surface area contributed by atoms with Crippen molar-refractivity contribution < 1.29 is 13.0 Å². The minimum absolute atomic E-state index is 0.0226. The van der Waals surface area contributed by atoms with Crippen LogP contribution in [-0.4, -0.2) is 13.0 Å². The Kier molecular flexibility index (Phi) is 2.93. The van der Waals surface area contributed by atoms with Crippen LogP contribution in [0.25, 0.3) is 11.1 Å². The van der Waals surface area contributed by atoms with Gasteiger partial charge in [-0.1, -0.05) is 38.1 Å². The zero-order chi connectivity index (χ0) is 12.6. The van der Waals surface area contributed by atoms with Crippen LogP contribution in [0.1, 0.15) is 25.3 Å². The fourth-order valence-corrected chi connectivity index (χ4v) is 2.54. The largest absolute Gasteiger partial charge is 0.295 e. The van der Waals surface area contributed by atoms with E-state index < -0.39 is 10.1 Å². The summed E-state index contributed by atoms with van der Waals surface area (Å²) >= 11 is 0. The Hall–Kier alpha value is -1.39. The summed E-state index contributed by atoms with van der Waals surface area (Å²) < 4.78 is 31.7. The first-order valence-corrected chi connectivity index (χ1v) is 6.84. The molecule has 0 radical (unpaired) electrons.